The number of nitrogens with zero attached hydrogens (tertiary/aromatic N) is 1. The largest absolute Gasteiger partial charge is 0.450 e. The van der Waals surface area contributed by atoms with E-state index in [0.29, 0.717) is 67.4 Å². The molecule has 1 heterocycles. The van der Waals surface area contributed by atoms with Crippen molar-refractivity contribution >= 4 is 28.9 Å². The number of rotatable bonds is 4. The van der Waals surface area contributed by atoms with Crippen LogP contribution >= 0.6 is 11.6 Å². The predicted molar refractivity (Wildman–Crippen MR) is 127 cm³/mol. The lowest BCUT2D eigenvalue weighted by molar-refractivity contribution is -0.385. The number of nitro groups is 1. The third kappa shape index (κ3) is 4.61. The van der Waals surface area contributed by atoms with Crippen molar-refractivity contribution in [2.45, 2.75) is 50.6 Å². The van der Waals surface area contributed by atoms with Crippen LogP contribution in [0.2, 0.25) is 5.02 Å². The van der Waals surface area contributed by atoms with Crippen molar-refractivity contribution in [3.8, 4) is 11.5 Å². The first-order chi connectivity index (χ1) is 17.5. The van der Waals surface area contributed by atoms with Crippen LogP contribution in [0.5, 0.6) is 11.5 Å². The Bertz CT molecular complexity index is 1370. The second-order valence-electron chi connectivity index (χ2n) is 9.12. The molecule has 1 N–H and O–H groups in total. The van der Waals surface area contributed by atoms with Gasteiger partial charge in [0.05, 0.1) is 10.5 Å². The number of carbonyl (C=O) groups excluding carboxylic acids is 2. The average molecular weight is 533 g/mol. The minimum Gasteiger partial charge on any atom is -0.450 e. The molecule has 5 rings (SSSR count). The highest BCUT2D eigenvalue weighted by atomic mass is 35.5. The van der Waals surface area contributed by atoms with Gasteiger partial charge in [0.25, 0.3) is 0 Å². The van der Waals surface area contributed by atoms with Gasteiger partial charge in [-0.3, -0.25) is 19.7 Å². The van der Waals surface area contributed by atoms with Crippen LogP contribution in [0.4, 0.5) is 18.9 Å². The molecule has 7 nitrogen and oxygen atoms in total. The molecule has 0 unspecified atom stereocenters. The molecule has 2 aliphatic carbocycles. The third-order valence-electron chi connectivity index (χ3n) is 6.78. The van der Waals surface area contributed by atoms with Crippen molar-refractivity contribution in [2.24, 2.45) is 0 Å². The molecular weight excluding hydrogens is 513 g/mol. The summed E-state index contributed by atoms with van der Waals surface area (Å²) in [5.74, 6) is -1.43. The molecule has 0 amide bonds. The number of nitrogens with one attached hydrogen (secondary N) is 1. The predicted octanol–water partition coefficient (Wildman–Crippen LogP) is 6.76. The molecule has 0 saturated heterocycles. The van der Waals surface area contributed by atoms with Crippen molar-refractivity contribution in [1.82, 2.24) is 5.32 Å². The molecule has 0 radical (unpaired) electrons. The summed E-state index contributed by atoms with van der Waals surface area (Å²) in [4.78, 5) is 36.9. The fraction of sp³-hybridized carbons (Fsp3) is 0.308. The molecule has 2 aromatic carbocycles. The van der Waals surface area contributed by atoms with E-state index in [0.717, 1.165) is 17.5 Å². The molecule has 0 fully saturated rings. The second-order valence-corrected chi connectivity index (χ2v) is 9.55. The number of dihydropyridines is 1. The van der Waals surface area contributed by atoms with Crippen LogP contribution in [0.3, 0.4) is 0 Å². The number of ether oxygens (including phenoxy) is 1. The van der Waals surface area contributed by atoms with E-state index in [-0.39, 0.29) is 22.3 Å². The highest BCUT2D eigenvalue weighted by Crippen LogP contribution is 2.49. The Kier molecular flexibility index (Phi) is 6.31. The Labute approximate surface area is 214 Å². The SMILES string of the molecule is O=C1CCCC2=C1C(c1cc(Cl)ccc1Oc1ccc(C(F)(F)F)cc1[N+](=O)[O-])C1=C(CCCC1=O)N2. The molecule has 0 aromatic heterocycles. The second kappa shape index (κ2) is 9.33. The van der Waals surface area contributed by atoms with E-state index < -0.39 is 34.0 Å². The normalized spacial score (nSPS) is 18.4. The number of hydrogen-bond donors (Lipinski definition) is 1. The van der Waals surface area contributed by atoms with E-state index >= 15 is 0 Å². The summed E-state index contributed by atoms with van der Waals surface area (Å²) < 4.78 is 45.4. The number of nitro benzene ring substituents is 1. The van der Waals surface area contributed by atoms with Crippen molar-refractivity contribution < 1.29 is 32.4 Å². The molecule has 0 atom stereocenters. The number of benzene rings is 2. The van der Waals surface area contributed by atoms with Crippen molar-refractivity contribution in [1.29, 1.82) is 0 Å². The zero-order chi connectivity index (χ0) is 26.5. The molecule has 192 valence electrons. The number of carbonyl (C=O) groups is 2. The van der Waals surface area contributed by atoms with Crippen LogP contribution < -0.4 is 10.1 Å². The highest BCUT2D eigenvalue weighted by Gasteiger charge is 2.42. The minimum atomic E-state index is -4.78. The summed E-state index contributed by atoms with van der Waals surface area (Å²) in [6.45, 7) is 0. The molecule has 11 heteroatoms. The van der Waals surface area contributed by atoms with E-state index in [1.165, 1.54) is 18.2 Å². The topological polar surface area (TPSA) is 98.5 Å². The fourth-order valence-electron chi connectivity index (χ4n) is 5.17. The molecular formula is C26H20ClF3N2O5. The van der Waals surface area contributed by atoms with Gasteiger partial charge in [-0.25, -0.2) is 0 Å². The van der Waals surface area contributed by atoms with E-state index in [1.807, 2.05) is 0 Å². The van der Waals surface area contributed by atoms with Crippen LogP contribution in [0.25, 0.3) is 0 Å². The maximum Gasteiger partial charge on any atom is 0.416 e. The van der Waals surface area contributed by atoms with Gasteiger partial charge in [0.15, 0.2) is 11.6 Å². The van der Waals surface area contributed by atoms with E-state index in [2.05, 4.69) is 5.32 Å². The van der Waals surface area contributed by atoms with Crippen LogP contribution in [0.15, 0.2) is 58.9 Å². The van der Waals surface area contributed by atoms with E-state index in [4.69, 9.17) is 16.3 Å². The monoisotopic (exact) mass is 532 g/mol. The molecule has 0 spiro atoms. The number of allylic oxidation sites excluding steroid dienone is 4. The van der Waals surface area contributed by atoms with Crippen LogP contribution in [0, 0.1) is 10.1 Å². The first kappa shape index (κ1) is 25.0. The van der Waals surface area contributed by atoms with Crippen LogP contribution in [0.1, 0.15) is 55.6 Å². The Morgan fingerprint density at radius 2 is 1.51 bits per heavy atom. The van der Waals surface area contributed by atoms with Gasteiger partial charge in [-0.2, -0.15) is 13.2 Å². The summed E-state index contributed by atoms with van der Waals surface area (Å²) >= 11 is 6.31. The molecule has 37 heavy (non-hydrogen) atoms. The highest BCUT2D eigenvalue weighted by molar-refractivity contribution is 6.30. The summed E-state index contributed by atoms with van der Waals surface area (Å²) in [5, 5.41) is 15.2. The van der Waals surface area contributed by atoms with Gasteiger partial charge in [-0.1, -0.05) is 11.6 Å². The maximum atomic E-state index is 13.2. The minimum absolute atomic E-state index is 0.0506. The zero-order valence-electron chi connectivity index (χ0n) is 19.3. The average Bonchev–Trinajstić information content (AvgIpc) is 2.83. The fourth-order valence-corrected chi connectivity index (χ4v) is 5.35. The Balaban J connectivity index is 1.67. The van der Waals surface area contributed by atoms with Crippen LogP contribution in [-0.2, 0) is 15.8 Å². The Morgan fingerprint density at radius 3 is 2.08 bits per heavy atom. The van der Waals surface area contributed by atoms with Crippen molar-refractivity contribution in [3.63, 3.8) is 0 Å². The quantitative estimate of drug-likeness (QED) is 0.345. The third-order valence-corrected chi connectivity index (χ3v) is 7.01. The lowest BCUT2D eigenvalue weighted by Gasteiger charge is -2.37. The molecule has 0 saturated carbocycles. The maximum absolute atomic E-state index is 13.2. The summed E-state index contributed by atoms with van der Waals surface area (Å²) in [7, 11) is 0. The van der Waals surface area contributed by atoms with E-state index in [1.54, 1.807) is 0 Å². The summed E-state index contributed by atoms with van der Waals surface area (Å²) in [5.41, 5.74) is 0.578. The number of hydrogen-bond acceptors (Lipinski definition) is 6. The molecule has 0 bridgehead atoms. The van der Waals surface area contributed by atoms with Gasteiger partial charge < -0.3 is 10.1 Å². The number of ketones is 2. The van der Waals surface area contributed by atoms with Gasteiger partial charge in [-0.15, -0.1) is 0 Å². The first-order valence-electron chi connectivity index (χ1n) is 11.7. The van der Waals surface area contributed by atoms with Gasteiger partial charge in [0.1, 0.15) is 5.75 Å². The van der Waals surface area contributed by atoms with Crippen molar-refractivity contribution in [2.75, 3.05) is 0 Å². The lowest BCUT2D eigenvalue weighted by atomic mass is 9.71. The van der Waals surface area contributed by atoms with Gasteiger partial charge in [-0.05, 0) is 56.0 Å². The molecule has 1 aliphatic heterocycles. The van der Waals surface area contributed by atoms with Gasteiger partial charge in [0.2, 0.25) is 5.75 Å². The standard InChI is InChI=1S/C26H20ClF3N2O5/c27-14-8-10-21(37-22-9-7-13(26(28,29)30)11-18(22)32(35)36)15(12-14)23-24-16(3-1-5-19(24)33)31-17-4-2-6-20(34)25(17)23/h7-12,23,31H,1-6H2. The molecule has 3 aliphatic rings. The number of Topliss-reactive ketones (excluding diaryl/α,β-unsaturated/α-hetero) is 2. The van der Waals surface area contributed by atoms with Crippen molar-refractivity contribution in [3.05, 3.63) is 85.2 Å². The molecule has 2 aromatic rings. The smallest absolute Gasteiger partial charge is 0.416 e. The van der Waals surface area contributed by atoms with Crippen LogP contribution in [-0.4, -0.2) is 16.5 Å². The summed E-state index contributed by atoms with van der Waals surface area (Å²) in [6.07, 6.45) is -1.63. The Hall–Kier alpha value is -3.66. The zero-order valence-corrected chi connectivity index (χ0v) is 20.0. The van der Waals surface area contributed by atoms with Gasteiger partial charge >= 0.3 is 11.9 Å². The summed E-state index contributed by atoms with van der Waals surface area (Å²) in [6, 6.07) is 6.41. The van der Waals surface area contributed by atoms with Gasteiger partial charge in [0, 0.05) is 58.0 Å². The van der Waals surface area contributed by atoms with E-state index in [9.17, 15) is 32.9 Å². The first-order valence-corrected chi connectivity index (χ1v) is 12.0. The Morgan fingerprint density at radius 1 is 0.919 bits per heavy atom. The number of halogens is 4. The lowest BCUT2D eigenvalue weighted by Crippen LogP contribution is -2.36. The number of alkyl halides is 3.